The van der Waals surface area contributed by atoms with Crippen LogP contribution in [0.2, 0.25) is 0 Å². The minimum absolute atomic E-state index is 0.0345. The molecule has 6 nitrogen and oxygen atoms in total. The second kappa shape index (κ2) is 8.58. The Bertz CT molecular complexity index is 1030. The van der Waals surface area contributed by atoms with Crippen molar-refractivity contribution in [3.63, 3.8) is 0 Å². The van der Waals surface area contributed by atoms with E-state index in [9.17, 15) is 9.59 Å². The highest BCUT2D eigenvalue weighted by Gasteiger charge is 2.51. The van der Waals surface area contributed by atoms with Crippen molar-refractivity contribution in [2.75, 3.05) is 44.4 Å². The lowest BCUT2D eigenvalue weighted by molar-refractivity contribution is -0.144. The summed E-state index contributed by atoms with van der Waals surface area (Å²) in [6.07, 6.45) is 2.11. The minimum Gasteiger partial charge on any atom is -0.381 e. The fourth-order valence-corrected chi connectivity index (χ4v) is 5.72. The van der Waals surface area contributed by atoms with E-state index in [2.05, 4.69) is 32.0 Å². The van der Waals surface area contributed by atoms with Crippen LogP contribution in [0.4, 0.5) is 5.69 Å². The Morgan fingerprint density at radius 2 is 1.64 bits per heavy atom. The summed E-state index contributed by atoms with van der Waals surface area (Å²) in [4.78, 5) is 30.5. The van der Waals surface area contributed by atoms with Gasteiger partial charge in [0.05, 0.1) is 18.5 Å². The first-order valence-electron chi connectivity index (χ1n) is 11.9. The Morgan fingerprint density at radius 3 is 2.33 bits per heavy atom. The lowest BCUT2D eigenvalue weighted by Gasteiger charge is -2.42. The van der Waals surface area contributed by atoms with Gasteiger partial charge in [-0.3, -0.25) is 9.59 Å². The molecule has 2 aromatic rings. The average molecular weight is 449 g/mol. The molecular formula is C27H32N2O4. The number of likely N-dealkylation sites (tertiary alicyclic amines) is 1. The zero-order valence-electron chi connectivity index (χ0n) is 19.5. The van der Waals surface area contributed by atoms with Crippen LogP contribution in [0.1, 0.15) is 36.0 Å². The molecular weight excluding hydrogens is 416 g/mol. The molecule has 2 amide bonds. The van der Waals surface area contributed by atoms with Crippen molar-refractivity contribution in [2.45, 2.75) is 44.1 Å². The Labute approximate surface area is 195 Å². The molecule has 174 valence electrons. The number of ether oxygens (including phenoxy) is 2. The third-order valence-electron chi connectivity index (χ3n) is 7.45. The summed E-state index contributed by atoms with van der Waals surface area (Å²) in [6, 6.07) is 16.2. The maximum absolute atomic E-state index is 14.1. The first-order valence-corrected chi connectivity index (χ1v) is 11.9. The maximum atomic E-state index is 14.1. The quantitative estimate of drug-likeness (QED) is 0.722. The molecule has 1 spiro atoms. The lowest BCUT2D eigenvalue weighted by Crippen LogP contribution is -2.57. The highest BCUT2D eigenvalue weighted by atomic mass is 16.5. The SMILES string of the molecule is Cc1cc(C)cc(C2(C(=O)N3CCC4(C3)CN(c3ccccc3)C(=O)CO4)CCOCC2)c1. The van der Waals surface area contributed by atoms with Crippen molar-refractivity contribution in [1.82, 2.24) is 4.90 Å². The van der Waals surface area contributed by atoms with Gasteiger partial charge in [0, 0.05) is 25.4 Å². The van der Waals surface area contributed by atoms with Gasteiger partial charge in [-0.05, 0) is 50.8 Å². The molecule has 0 saturated carbocycles. The normalized spacial score (nSPS) is 25.0. The van der Waals surface area contributed by atoms with Crippen molar-refractivity contribution in [1.29, 1.82) is 0 Å². The van der Waals surface area contributed by atoms with Crippen molar-refractivity contribution < 1.29 is 19.1 Å². The molecule has 2 aromatic carbocycles. The fourth-order valence-electron chi connectivity index (χ4n) is 5.72. The number of amides is 2. The smallest absolute Gasteiger partial charge is 0.253 e. The number of hydrogen-bond acceptors (Lipinski definition) is 4. The predicted molar refractivity (Wildman–Crippen MR) is 126 cm³/mol. The van der Waals surface area contributed by atoms with Gasteiger partial charge in [0.1, 0.15) is 12.2 Å². The Hall–Kier alpha value is -2.70. The highest BCUT2D eigenvalue weighted by Crippen LogP contribution is 2.40. The van der Waals surface area contributed by atoms with Crippen LogP contribution in [-0.2, 0) is 24.5 Å². The van der Waals surface area contributed by atoms with Crippen LogP contribution in [-0.4, -0.2) is 61.8 Å². The van der Waals surface area contributed by atoms with Crippen LogP contribution in [0, 0.1) is 13.8 Å². The van der Waals surface area contributed by atoms with Gasteiger partial charge in [-0.1, -0.05) is 47.5 Å². The van der Waals surface area contributed by atoms with Crippen molar-refractivity contribution in [2.24, 2.45) is 0 Å². The van der Waals surface area contributed by atoms with Crippen LogP contribution < -0.4 is 4.90 Å². The van der Waals surface area contributed by atoms with E-state index < -0.39 is 11.0 Å². The van der Waals surface area contributed by atoms with E-state index in [-0.39, 0.29) is 18.4 Å². The first kappa shape index (κ1) is 22.1. The van der Waals surface area contributed by atoms with Crippen molar-refractivity contribution >= 4 is 17.5 Å². The fraction of sp³-hybridized carbons (Fsp3) is 0.481. The zero-order chi connectivity index (χ0) is 23.1. The van der Waals surface area contributed by atoms with Crippen molar-refractivity contribution in [3.8, 4) is 0 Å². The Kier molecular flexibility index (Phi) is 5.75. The zero-order valence-corrected chi connectivity index (χ0v) is 19.5. The summed E-state index contributed by atoms with van der Waals surface area (Å²) in [7, 11) is 0. The molecule has 0 N–H and O–H groups in total. The number of aryl methyl sites for hydroxylation is 2. The molecule has 0 radical (unpaired) electrons. The first-order chi connectivity index (χ1) is 15.9. The summed E-state index contributed by atoms with van der Waals surface area (Å²) >= 11 is 0. The maximum Gasteiger partial charge on any atom is 0.253 e. The molecule has 1 atom stereocenters. The van der Waals surface area contributed by atoms with Crippen LogP contribution in [0.3, 0.4) is 0 Å². The number of nitrogens with zero attached hydrogens (tertiary/aromatic N) is 2. The Morgan fingerprint density at radius 1 is 0.939 bits per heavy atom. The van der Waals surface area contributed by atoms with E-state index in [1.165, 1.54) is 11.1 Å². The Balaban J connectivity index is 1.40. The molecule has 3 fully saturated rings. The minimum atomic E-state index is -0.565. The number of anilines is 1. The summed E-state index contributed by atoms with van der Waals surface area (Å²) in [5, 5.41) is 0. The molecule has 33 heavy (non-hydrogen) atoms. The lowest BCUT2D eigenvalue weighted by atomic mass is 9.72. The number of carbonyl (C=O) groups excluding carboxylic acids is 2. The molecule has 1 unspecified atom stereocenters. The molecule has 3 aliphatic rings. The van der Waals surface area contributed by atoms with Gasteiger partial charge < -0.3 is 19.3 Å². The molecule has 3 saturated heterocycles. The van der Waals surface area contributed by atoms with Crippen LogP contribution in [0.15, 0.2) is 48.5 Å². The van der Waals surface area contributed by atoms with E-state index in [0.29, 0.717) is 45.7 Å². The van der Waals surface area contributed by atoms with Crippen LogP contribution in [0.5, 0.6) is 0 Å². The third-order valence-corrected chi connectivity index (χ3v) is 7.45. The van der Waals surface area contributed by atoms with Gasteiger partial charge in [-0.2, -0.15) is 0 Å². The monoisotopic (exact) mass is 448 g/mol. The van der Waals surface area contributed by atoms with Gasteiger partial charge in [-0.25, -0.2) is 0 Å². The van der Waals surface area contributed by atoms with E-state index in [1.807, 2.05) is 40.1 Å². The summed E-state index contributed by atoms with van der Waals surface area (Å²) in [5.74, 6) is 0.132. The van der Waals surface area contributed by atoms with Gasteiger partial charge in [-0.15, -0.1) is 0 Å². The number of carbonyl (C=O) groups is 2. The van der Waals surface area contributed by atoms with E-state index in [0.717, 1.165) is 17.7 Å². The molecule has 3 aliphatic heterocycles. The summed E-state index contributed by atoms with van der Waals surface area (Å²) in [5.41, 5.74) is 3.24. The topological polar surface area (TPSA) is 59.1 Å². The predicted octanol–water partition coefficient (Wildman–Crippen LogP) is 3.39. The third kappa shape index (κ3) is 4.06. The molecule has 0 bridgehead atoms. The van der Waals surface area contributed by atoms with Gasteiger partial charge >= 0.3 is 0 Å². The summed E-state index contributed by atoms with van der Waals surface area (Å²) in [6.45, 7) is 7.02. The second-order valence-electron chi connectivity index (χ2n) is 9.83. The number of benzene rings is 2. The molecule has 0 aliphatic carbocycles. The number of para-hydroxylation sites is 1. The number of rotatable bonds is 3. The van der Waals surface area contributed by atoms with Gasteiger partial charge in [0.25, 0.3) is 5.91 Å². The average Bonchev–Trinajstić information content (AvgIpc) is 3.24. The molecule has 5 rings (SSSR count). The number of hydrogen-bond donors (Lipinski definition) is 0. The largest absolute Gasteiger partial charge is 0.381 e. The van der Waals surface area contributed by atoms with Crippen molar-refractivity contribution in [3.05, 3.63) is 65.2 Å². The van der Waals surface area contributed by atoms with E-state index in [4.69, 9.17) is 9.47 Å². The van der Waals surface area contributed by atoms with Gasteiger partial charge in [0.2, 0.25) is 5.91 Å². The number of morpholine rings is 1. The van der Waals surface area contributed by atoms with Crippen LogP contribution in [0.25, 0.3) is 0 Å². The van der Waals surface area contributed by atoms with Crippen LogP contribution >= 0.6 is 0 Å². The van der Waals surface area contributed by atoms with E-state index >= 15 is 0 Å². The molecule has 0 aromatic heterocycles. The van der Waals surface area contributed by atoms with Gasteiger partial charge in [0.15, 0.2) is 0 Å². The molecule has 3 heterocycles. The highest BCUT2D eigenvalue weighted by molar-refractivity contribution is 5.95. The summed E-state index contributed by atoms with van der Waals surface area (Å²) < 4.78 is 11.8. The van der Waals surface area contributed by atoms with E-state index in [1.54, 1.807) is 0 Å². The standard InChI is InChI=1S/C27H32N2O4/c1-20-14-21(2)16-22(15-20)27(9-12-32-13-10-27)25(31)28-11-8-26(18-28)19-29(24(30)17-33-26)23-6-4-3-5-7-23/h3-7,14-16H,8-13,17-19H2,1-2H3. The second-order valence-corrected chi connectivity index (χ2v) is 9.83. The molecule has 6 heteroatoms.